The zero-order chi connectivity index (χ0) is 36.5. The summed E-state index contributed by atoms with van der Waals surface area (Å²) >= 11 is 0. The molecule has 0 bridgehead atoms. The first kappa shape index (κ1) is 42.0. The fourth-order valence-electron chi connectivity index (χ4n) is 4.27. The van der Waals surface area contributed by atoms with Crippen molar-refractivity contribution in [2.75, 3.05) is 20.3 Å². The predicted octanol–water partition coefficient (Wildman–Crippen LogP) is -2.40. The van der Waals surface area contributed by atoms with E-state index in [9.17, 15) is 25.2 Å². The number of nitrogens with one attached hydrogen (secondary N) is 1. The number of aliphatic imine (C=N–C) groups is 1. The predicted molar refractivity (Wildman–Crippen MR) is 177 cm³/mol. The number of amidine groups is 2. The Labute approximate surface area is 293 Å². The van der Waals surface area contributed by atoms with E-state index in [2.05, 4.69) is 25.2 Å². The van der Waals surface area contributed by atoms with Crippen LogP contribution in [-0.4, -0.2) is 135 Å². The number of ether oxygens (including phenoxy) is 3. The highest BCUT2D eigenvalue weighted by Crippen LogP contribution is 2.29. The first-order valence-corrected chi connectivity index (χ1v) is 15.0. The van der Waals surface area contributed by atoms with Crippen molar-refractivity contribution in [2.45, 2.75) is 76.5 Å². The van der Waals surface area contributed by atoms with Gasteiger partial charge in [0.05, 0.1) is 18.6 Å². The van der Waals surface area contributed by atoms with Crippen LogP contribution in [0.5, 0.6) is 0 Å². The molecule has 8 atom stereocenters. The smallest absolute Gasteiger partial charge is 0.311 e. The fraction of sp³-hybridized carbons (Fsp3) is 0.552. The van der Waals surface area contributed by atoms with E-state index in [1.807, 2.05) is 51.1 Å². The molecule has 11 N–H and O–H groups in total. The van der Waals surface area contributed by atoms with Crippen molar-refractivity contribution in [3.05, 3.63) is 60.2 Å². The van der Waals surface area contributed by atoms with E-state index < -0.39 is 67.7 Å². The van der Waals surface area contributed by atoms with Gasteiger partial charge in [0, 0.05) is 7.05 Å². The highest BCUT2D eigenvalue weighted by Gasteiger charge is 2.45. The Morgan fingerprint density at radius 3 is 1.72 bits per heavy atom. The SMILES string of the molecule is CC(C)(C)C(=O)OCc1ccccc1.CN=C(N)c1ncn(C2OC(CO)C(O)C2O)n1.Cl.N=C(N)c1ncn(C2OC(CO)C(O)C2O)n1. The number of carbonyl (C=O) groups excluding carboxylic acids is 1. The third-order valence-corrected chi connectivity index (χ3v) is 7.11. The number of benzene rings is 1. The Kier molecular flexibility index (Phi) is 15.8. The normalized spacial score (nSPS) is 26.2. The van der Waals surface area contributed by atoms with Crippen LogP contribution in [-0.2, 0) is 25.6 Å². The maximum atomic E-state index is 11.4. The lowest BCUT2D eigenvalue weighted by atomic mass is 9.97. The Morgan fingerprint density at radius 2 is 1.34 bits per heavy atom. The summed E-state index contributed by atoms with van der Waals surface area (Å²) in [7, 11) is 1.50. The van der Waals surface area contributed by atoms with Gasteiger partial charge in [0.25, 0.3) is 0 Å². The highest BCUT2D eigenvalue weighted by molar-refractivity contribution is 5.93. The van der Waals surface area contributed by atoms with Gasteiger partial charge in [-0.15, -0.1) is 22.6 Å². The minimum atomic E-state index is -1.23. The zero-order valence-electron chi connectivity index (χ0n) is 27.8. The molecule has 2 aromatic heterocycles. The maximum absolute atomic E-state index is 11.4. The van der Waals surface area contributed by atoms with Gasteiger partial charge in [-0.1, -0.05) is 30.3 Å². The van der Waals surface area contributed by atoms with Crippen LogP contribution in [0.2, 0.25) is 0 Å². The molecule has 0 aliphatic carbocycles. The number of nitrogens with two attached hydrogens (primary N) is 2. The van der Waals surface area contributed by atoms with Crippen LogP contribution in [0.1, 0.15) is 50.4 Å². The van der Waals surface area contributed by atoms with Crippen molar-refractivity contribution in [2.24, 2.45) is 21.9 Å². The molecule has 20 nitrogen and oxygen atoms in total. The molecule has 0 radical (unpaired) electrons. The Hall–Kier alpha value is -4.12. The average molecular weight is 729 g/mol. The van der Waals surface area contributed by atoms with E-state index in [4.69, 9.17) is 41.3 Å². The van der Waals surface area contributed by atoms with E-state index in [0.717, 1.165) is 10.2 Å². The van der Waals surface area contributed by atoms with Crippen LogP contribution < -0.4 is 11.5 Å². The molecule has 8 unspecified atom stereocenters. The van der Waals surface area contributed by atoms with Crippen molar-refractivity contribution in [3.63, 3.8) is 0 Å². The van der Waals surface area contributed by atoms with Crippen molar-refractivity contribution < 1.29 is 49.6 Å². The quantitative estimate of drug-likeness (QED) is 0.0663. The van der Waals surface area contributed by atoms with Crippen LogP contribution >= 0.6 is 12.4 Å². The molecule has 50 heavy (non-hydrogen) atoms. The third kappa shape index (κ3) is 10.7. The van der Waals surface area contributed by atoms with Crippen LogP contribution in [0.25, 0.3) is 0 Å². The number of nitrogen functional groups attached to an aromatic ring is 1. The Morgan fingerprint density at radius 1 is 0.880 bits per heavy atom. The number of aliphatic hydroxyl groups excluding tert-OH is 6. The first-order chi connectivity index (χ1) is 23.1. The van der Waals surface area contributed by atoms with E-state index >= 15 is 0 Å². The lowest BCUT2D eigenvalue weighted by Gasteiger charge is -2.16. The lowest BCUT2D eigenvalue weighted by Crippen LogP contribution is -2.33. The summed E-state index contributed by atoms with van der Waals surface area (Å²) in [6.45, 7) is 5.09. The van der Waals surface area contributed by atoms with Gasteiger partial charge < -0.3 is 56.3 Å². The minimum absolute atomic E-state index is 0. The number of esters is 1. The molecular weight excluding hydrogens is 684 g/mol. The molecule has 2 aliphatic heterocycles. The molecule has 0 spiro atoms. The number of rotatable bonds is 8. The Balaban J connectivity index is 0.000000260. The summed E-state index contributed by atoms with van der Waals surface area (Å²) in [6, 6.07) is 9.68. The maximum Gasteiger partial charge on any atom is 0.311 e. The number of nitrogens with zero attached hydrogens (tertiary/aromatic N) is 7. The van der Waals surface area contributed by atoms with Gasteiger partial charge in [-0.3, -0.25) is 15.2 Å². The molecule has 3 aromatic rings. The molecule has 4 heterocycles. The molecule has 0 saturated carbocycles. The molecule has 5 rings (SSSR count). The molecule has 278 valence electrons. The highest BCUT2D eigenvalue weighted by atomic mass is 35.5. The first-order valence-electron chi connectivity index (χ1n) is 15.0. The Bertz CT molecular complexity index is 1540. The van der Waals surface area contributed by atoms with E-state index in [0.29, 0.717) is 6.61 Å². The fourth-order valence-corrected chi connectivity index (χ4v) is 4.27. The summed E-state index contributed by atoms with van der Waals surface area (Å²) < 4.78 is 18.0. The summed E-state index contributed by atoms with van der Waals surface area (Å²) in [4.78, 5) is 22.8. The third-order valence-electron chi connectivity index (χ3n) is 7.11. The summed E-state index contributed by atoms with van der Waals surface area (Å²) in [5.74, 6) is -0.115. The summed E-state index contributed by atoms with van der Waals surface area (Å²) in [5.41, 5.74) is 11.3. The molecule has 2 fully saturated rings. The summed E-state index contributed by atoms with van der Waals surface area (Å²) in [6.07, 6.45) is -5.85. The second-order valence-electron chi connectivity index (χ2n) is 11.9. The topological polar surface area (TPSA) is 316 Å². The van der Waals surface area contributed by atoms with Gasteiger partial charge in [-0.25, -0.2) is 19.3 Å². The number of aromatic nitrogens is 6. The number of halogens is 1. The van der Waals surface area contributed by atoms with Crippen molar-refractivity contribution >= 4 is 30.0 Å². The minimum Gasteiger partial charge on any atom is -0.460 e. The van der Waals surface area contributed by atoms with Crippen molar-refractivity contribution in [1.82, 2.24) is 29.5 Å². The van der Waals surface area contributed by atoms with Crippen LogP contribution in [0.4, 0.5) is 0 Å². The van der Waals surface area contributed by atoms with Crippen LogP contribution in [0.3, 0.4) is 0 Å². The van der Waals surface area contributed by atoms with Gasteiger partial charge in [-0.05, 0) is 26.3 Å². The average Bonchev–Trinajstić information content (AvgIpc) is 3.88. The monoisotopic (exact) mass is 728 g/mol. The second kappa shape index (κ2) is 18.8. The number of hydrogen-bond donors (Lipinski definition) is 9. The number of aliphatic hydroxyl groups is 6. The molecule has 1 aromatic carbocycles. The van der Waals surface area contributed by atoms with Gasteiger partial charge in [0.1, 0.15) is 55.9 Å². The van der Waals surface area contributed by atoms with Crippen LogP contribution in [0.15, 0.2) is 48.0 Å². The van der Waals surface area contributed by atoms with Crippen LogP contribution in [0, 0.1) is 10.8 Å². The second-order valence-corrected chi connectivity index (χ2v) is 11.9. The molecular formula is C29H45ClN10O10. The zero-order valence-corrected chi connectivity index (χ0v) is 28.6. The van der Waals surface area contributed by atoms with Gasteiger partial charge >= 0.3 is 5.97 Å². The van der Waals surface area contributed by atoms with E-state index in [1.54, 1.807) is 0 Å². The lowest BCUT2D eigenvalue weighted by molar-refractivity contribution is -0.154. The summed E-state index contributed by atoms with van der Waals surface area (Å²) in [5, 5.41) is 71.5. The van der Waals surface area contributed by atoms with Crippen molar-refractivity contribution in [3.8, 4) is 0 Å². The van der Waals surface area contributed by atoms with Gasteiger partial charge in [0.15, 0.2) is 24.1 Å². The molecule has 21 heteroatoms. The van der Waals surface area contributed by atoms with E-state index in [-0.39, 0.29) is 41.7 Å². The molecule has 2 aliphatic rings. The number of carbonyl (C=O) groups is 1. The molecule has 2 saturated heterocycles. The van der Waals surface area contributed by atoms with Crippen molar-refractivity contribution in [1.29, 1.82) is 5.41 Å². The van der Waals surface area contributed by atoms with Gasteiger partial charge in [-0.2, -0.15) is 0 Å². The number of hydrogen-bond acceptors (Lipinski definition) is 16. The standard InChI is InChI=1S/C12H16O2.C9H15N5O4.C8H13N5O4.ClH/c1-12(2,3)11(13)14-9-10-7-5-4-6-8-10;1-11-7(10)8-12-3-14(13-8)9-6(17)5(16)4(2-15)18-9;9-6(10)7-11-2-13(12-7)8-5(16)4(15)3(1-14)17-8;/h4-8H,9H2,1-3H3;3-6,9,15-17H,2H2,1H3,(H2,10,11);2-5,8,14-16H,1H2,(H3,9,10);1H. The van der Waals surface area contributed by atoms with Gasteiger partial charge in [0.2, 0.25) is 11.6 Å². The largest absolute Gasteiger partial charge is 0.460 e. The van der Waals surface area contributed by atoms with E-state index in [1.165, 1.54) is 24.4 Å². The molecule has 0 amide bonds.